The van der Waals surface area contributed by atoms with Crippen LogP contribution in [-0.4, -0.2) is 28.0 Å². The first-order valence-electron chi connectivity index (χ1n) is 6.98. The van der Waals surface area contributed by atoms with Gasteiger partial charge in [-0.15, -0.1) is 0 Å². The normalized spacial score (nSPS) is 23.3. The number of hydrogen-bond acceptors (Lipinski definition) is 3. The summed E-state index contributed by atoms with van der Waals surface area (Å²) in [5, 5.41) is 2.05. The average molecular weight is 291 g/mol. The van der Waals surface area contributed by atoms with Crippen molar-refractivity contribution in [2.75, 3.05) is 0 Å². The third-order valence-corrected chi connectivity index (χ3v) is 4.07. The van der Waals surface area contributed by atoms with Crippen molar-refractivity contribution in [3.63, 3.8) is 0 Å². The van der Waals surface area contributed by atoms with Gasteiger partial charge in [-0.25, -0.2) is 5.01 Å². The Balaban J connectivity index is 2.11. The maximum atomic E-state index is 12.3. The summed E-state index contributed by atoms with van der Waals surface area (Å²) in [6, 6.07) is 7.84. The van der Waals surface area contributed by atoms with Gasteiger partial charge in [0.05, 0.1) is 0 Å². The topological polar surface area (TPSA) is 58.4 Å². The molecule has 1 aliphatic rings. The predicted octanol–water partition coefficient (Wildman–Crippen LogP) is 2.23. The molecule has 0 saturated carbocycles. The summed E-state index contributed by atoms with van der Waals surface area (Å²) in [5.74, 6) is -0.108. The fraction of sp³-hybridized carbons (Fsp3) is 0.467. The molecule has 0 spiro atoms. The summed E-state index contributed by atoms with van der Waals surface area (Å²) in [5.41, 5.74) is 9.91. The molecule has 0 radical (unpaired) electrons. The fourth-order valence-corrected chi connectivity index (χ4v) is 2.76. The molecule has 1 aliphatic heterocycles. The highest BCUT2D eigenvalue weighted by molar-refractivity contribution is 7.80. The third kappa shape index (κ3) is 3.35. The highest BCUT2D eigenvalue weighted by Crippen LogP contribution is 2.20. The zero-order valence-corrected chi connectivity index (χ0v) is 12.7. The monoisotopic (exact) mass is 291 g/mol. The number of carbonyl (C=O) groups excluding carboxylic acids is 1. The molecular weight excluding hydrogens is 270 g/mol. The molecule has 3 N–H and O–H groups in total. The van der Waals surface area contributed by atoms with Crippen LogP contribution in [-0.2, 0) is 0 Å². The van der Waals surface area contributed by atoms with Crippen LogP contribution in [0.15, 0.2) is 24.3 Å². The van der Waals surface area contributed by atoms with Crippen LogP contribution >= 0.6 is 12.2 Å². The molecule has 2 rings (SSSR count). The Bertz CT molecular complexity index is 508. The zero-order chi connectivity index (χ0) is 14.7. The number of hydrazine groups is 1. The van der Waals surface area contributed by atoms with Gasteiger partial charge < -0.3 is 5.73 Å². The van der Waals surface area contributed by atoms with Crippen LogP contribution in [0.5, 0.6) is 0 Å². The largest absolute Gasteiger partial charge is 0.389 e. The number of nitrogens with zero attached hydrogens (tertiary/aromatic N) is 1. The first-order chi connectivity index (χ1) is 9.49. The van der Waals surface area contributed by atoms with E-state index < -0.39 is 0 Å². The molecule has 1 fully saturated rings. The van der Waals surface area contributed by atoms with E-state index in [1.54, 1.807) is 18.2 Å². The second-order valence-corrected chi connectivity index (χ2v) is 5.86. The Hall–Kier alpha value is -1.46. The van der Waals surface area contributed by atoms with Crippen molar-refractivity contribution in [2.45, 2.75) is 45.2 Å². The van der Waals surface area contributed by atoms with Crippen molar-refractivity contribution in [3.05, 3.63) is 35.4 Å². The maximum Gasteiger partial charge on any atom is 0.265 e. The summed E-state index contributed by atoms with van der Waals surface area (Å²) in [4.78, 5) is 12.6. The number of piperidine rings is 1. The summed E-state index contributed by atoms with van der Waals surface area (Å²) >= 11 is 4.94. The summed E-state index contributed by atoms with van der Waals surface area (Å²) in [7, 11) is 0. The minimum absolute atomic E-state index is 0.108. The molecule has 20 heavy (non-hydrogen) atoms. The highest BCUT2D eigenvalue weighted by Gasteiger charge is 2.26. The zero-order valence-electron chi connectivity index (χ0n) is 11.9. The molecular formula is C15H21N3OS. The van der Waals surface area contributed by atoms with Crippen LogP contribution in [0.25, 0.3) is 0 Å². The van der Waals surface area contributed by atoms with E-state index in [0.717, 1.165) is 12.8 Å². The number of carbonyl (C=O) groups is 1. The molecule has 1 aromatic carbocycles. The van der Waals surface area contributed by atoms with Crippen LogP contribution in [0.3, 0.4) is 0 Å². The molecule has 108 valence electrons. The van der Waals surface area contributed by atoms with Gasteiger partial charge in [0.15, 0.2) is 0 Å². The third-order valence-electron chi connectivity index (χ3n) is 3.83. The Labute approximate surface area is 125 Å². The van der Waals surface area contributed by atoms with Gasteiger partial charge in [-0.05, 0) is 38.8 Å². The molecule has 1 saturated heterocycles. The molecule has 4 nitrogen and oxygen atoms in total. The van der Waals surface area contributed by atoms with E-state index in [4.69, 9.17) is 18.0 Å². The Kier molecular flexibility index (Phi) is 4.73. The van der Waals surface area contributed by atoms with Crippen molar-refractivity contribution >= 4 is 23.1 Å². The number of nitrogens with two attached hydrogens (primary N) is 1. The van der Waals surface area contributed by atoms with Crippen molar-refractivity contribution in [1.82, 2.24) is 10.4 Å². The van der Waals surface area contributed by atoms with Crippen LogP contribution in [0.4, 0.5) is 0 Å². The van der Waals surface area contributed by atoms with E-state index >= 15 is 0 Å². The second-order valence-electron chi connectivity index (χ2n) is 5.42. The van der Waals surface area contributed by atoms with Crippen molar-refractivity contribution in [2.24, 2.45) is 5.73 Å². The maximum absolute atomic E-state index is 12.3. The molecule has 1 heterocycles. The SMILES string of the molecule is CC1CCCC(C)N1NC(=O)c1cccc(C(N)=S)c1. The van der Waals surface area contributed by atoms with E-state index in [1.165, 1.54) is 6.42 Å². The Morgan fingerprint density at radius 1 is 1.30 bits per heavy atom. The van der Waals surface area contributed by atoms with E-state index in [1.807, 2.05) is 6.07 Å². The first kappa shape index (κ1) is 14.9. The predicted molar refractivity (Wildman–Crippen MR) is 84.4 cm³/mol. The number of hydrogen-bond donors (Lipinski definition) is 2. The quantitative estimate of drug-likeness (QED) is 0.839. The van der Waals surface area contributed by atoms with Crippen LogP contribution in [0, 0.1) is 0 Å². The Morgan fingerprint density at radius 2 is 1.90 bits per heavy atom. The van der Waals surface area contributed by atoms with E-state index in [2.05, 4.69) is 24.3 Å². The summed E-state index contributed by atoms with van der Waals surface area (Å²) in [6.45, 7) is 4.28. The lowest BCUT2D eigenvalue weighted by Gasteiger charge is -2.38. The average Bonchev–Trinajstić information content (AvgIpc) is 2.43. The molecule has 0 aliphatic carbocycles. The smallest absolute Gasteiger partial charge is 0.265 e. The number of amides is 1. The first-order valence-corrected chi connectivity index (χ1v) is 7.39. The Morgan fingerprint density at radius 3 is 2.50 bits per heavy atom. The van der Waals surface area contributed by atoms with E-state index in [-0.39, 0.29) is 5.91 Å². The summed E-state index contributed by atoms with van der Waals surface area (Å²) < 4.78 is 0. The number of rotatable bonds is 3. The van der Waals surface area contributed by atoms with Crippen LogP contribution in [0.1, 0.15) is 49.0 Å². The molecule has 0 aromatic heterocycles. The number of nitrogens with one attached hydrogen (secondary N) is 1. The minimum atomic E-state index is -0.108. The number of thiocarbonyl (C=S) groups is 1. The van der Waals surface area contributed by atoms with Crippen molar-refractivity contribution < 1.29 is 4.79 Å². The van der Waals surface area contributed by atoms with Crippen molar-refractivity contribution in [3.8, 4) is 0 Å². The van der Waals surface area contributed by atoms with Gasteiger partial charge in [0.25, 0.3) is 5.91 Å². The van der Waals surface area contributed by atoms with Gasteiger partial charge in [0, 0.05) is 23.2 Å². The molecule has 2 atom stereocenters. The summed E-state index contributed by atoms with van der Waals surface area (Å²) in [6.07, 6.45) is 3.43. The highest BCUT2D eigenvalue weighted by atomic mass is 32.1. The van der Waals surface area contributed by atoms with Crippen LogP contribution < -0.4 is 11.2 Å². The molecule has 5 heteroatoms. The van der Waals surface area contributed by atoms with Gasteiger partial charge in [0.2, 0.25) is 0 Å². The second kappa shape index (κ2) is 6.33. The fourth-order valence-electron chi connectivity index (χ4n) is 2.64. The lowest BCUT2D eigenvalue weighted by molar-refractivity contribution is 0.0370. The molecule has 1 amide bonds. The van der Waals surface area contributed by atoms with Gasteiger partial charge >= 0.3 is 0 Å². The lowest BCUT2D eigenvalue weighted by atomic mass is 10.00. The lowest BCUT2D eigenvalue weighted by Crippen LogP contribution is -2.54. The van der Waals surface area contributed by atoms with Gasteiger partial charge in [-0.2, -0.15) is 0 Å². The molecule has 2 unspecified atom stereocenters. The number of benzene rings is 1. The van der Waals surface area contributed by atoms with E-state index in [0.29, 0.717) is 28.2 Å². The standard InChI is InChI=1S/C15H21N3OS/c1-10-5-3-6-11(2)18(10)17-15(19)13-8-4-7-12(9-13)14(16)20/h4,7-11H,3,5-6H2,1-2H3,(H2,16,20)(H,17,19). The molecule has 0 bridgehead atoms. The van der Waals surface area contributed by atoms with Gasteiger partial charge in [-0.1, -0.05) is 30.8 Å². The van der Waals surface area contributed by atoms with Gasteiger partial charge in [0.1, 0.15) is 4.99 Å². The minimum Gasteiger partial charge on any atom is -0.389 e. The van der Waals surface area contributed by atoms with Crippen LogP contribution in [0.2, 0.25) is 0 Å². The van der Waals surface area contributed by atoms with Crippen molar-refractivity contribution in [1.29, 1.82) is 0 Å². The molecule has 1 aromatic rings. The van der Waals surface area contributed by atoms with E-state index in [9.17, 15) is 4.79 Å². The van der Waals surface area contributed by atoms with Gasteiger partial charge in [-0.3, -0.25) is 10.2 Å².